The first-order chi connectivity index (χ1) is 8.76. The Kier molecular flexibility index (Phi) is 4.98. The van der Waals surface area contributed by atoms with Crippen molar-refractivity contribution in [3.8, 4) is 6.07 Å². The maximum absolute atomic E-state index is 10.3. The summed E-state index contributed by atoms with van der Waals surface area (Å²) in [5, 5.41) is 19.6. The van der Waals surface area contributed by atoms with Crippen LogP contribution < -0.4 is 0 Å². The average molecular weight is 357 g/mol. The van der Waals surface area contributed by atoms with Gasteiger partial charge in [-0.15, -0.1) is 0 Å². The molecule has 1 saturated heterocycles. The number of rotatable bonds is 4. The molecule has 1 N–H and O–H groups in total. The Hall–Kier alpha value is -0.640. The Morgan fingerprint density at radius 3 is 2.67 bits per heavy atom. The Labute approximate surface area is 121 Å². The molecule has 0 aliphatic carbocycles. The van der Waals surface area contributed by atoms with Crippen LogP contribution in [0, 0.1) is 17.2 Å². The first kappa shape index (κ1) is 13.8. The molecule has 3 nitrogen and oxygen atoms in total. The van der Waals surface area contributed by atoms with E-state index in [0.29, 0.717) is 0 Å². The monoisotopic (exact) mass is 357 g/mol. The van der Waals surface area contributed by atoms with Gasteiger partial charge in [0.1, 0.15) is 5.92 Å². The zero-order valence-electron chi connectivity index (χ0n) is 10.00. The minimum absolute atomic E-state index is 0.148. The van der Waals surface area contributed by atoms with Crippen LogP contribution in [0.5, 0.6) is 0 Å². The number of nitriles is 1. The van der Waals surface area contributed by atoms with E-state index in [1.807, 2.05) is 30.3 Å². The van der Waals surface area contributed by atoms with Gasteiger partial charge in [-0.25, -0.2) is 0 Å². The van der Waals surface area contributed by atoms with E-state index in [2.05, 4.69) is 28.7 Å². The lowest BCUT2D eigenvalue weighted by molar-refractivity contribution is -0.00685. The van der Waals surface area contributed by atoms with Gasteiger partial charge in [0, 0.05) is 4.43 Å². The fraction of sp³-hybridized carbons (Fsp3) is 0.500. The second kappa shape index (κ2) is 6.50. The number of aliphatic hydroxyl groups is 1. The summed E-state index contributed by atoms with van der Waals surface area (Å²) in [6.45, 7) is 0. The Morgan fingerprint density at radius 2 is 2.11 bits per heavy atom. The van der Waals surface area contributed by atoms with Gasteiger partial charge < -0.3 is 9.84 Å². The summed E-state index contributed by atoms with van der Waals surface area (Å²) >= 11 is 2.29. The molecule has 1 fully saturated rings. The molecule has 1 aliphatic heterocycles. The van der Waals surface area contributed by atoms with Gasteiger partial charge in [-0.05, 0) is 18.4 Å². The highest BCUT2D eigenvalue weighted by molar-refractivity contribution is 14.1. The quantitative estimate of drug-likeness (QED) is 0.666. The fourth-order valence-corrected chi connectivity index (χ4v) is 2.97. The SMILES string of the molecule is N#CC(C1CC[C@@H](CI)O1)C(O)c1ccccc1. The molecule has 0 bridgehead atoms. The van der Waals surface area contributed by atoms with Crippen molar-refractivity contribution in [3.63, 3.8) is 0 Å². The third-order valence-electron chi connectivity index (χ3n) is 3.34. The van der Waals surface area contributed by atoms with Gasteiger partial charge in [0.2, 0.25) is 0 Å². The lowest BCUT2D eigenvalue weighted by atomic mass is 9.91. The molecule has 2 rings (SSSR count). The van der Waals surface area contributed by atoms with Crippen molar-refractivity contribution < 1.29 is 9.84 Å². The molecule has 0 saturated carbocycles. The van der Waals surface area contributed by atoms with E-state index >= 15 is 0 Å². The largest absolute Gasteiger partial charge is 0.387 e. The van der Waals surface area contributed by atoms with Gasteiger partial charge in [-0.1, -0.05) is 52.9 Å². The zero-order valence-corrected chi connectivity index (χ0v) is 12.2. The lowest BCUT2D eigenvalue weighted by Crippen LogP contribution is -2.26. The molecule has 1 heterocycles. The Morgan fingerprint density at radius 1 is 1.39 bits per heavy atom. The number of halogens is 1. The van der Waals surface area contributed by atoms with E-state index in [0.717, 1.165) is 22.8 Å². The highest BCUT2D eigenvalue weighted by Gasteiger charge is 2.35. The minimum Gasteiger partial charge on any atom is -0.387 e. The van der Waals surface area contributed by atoms with Crippen molar-refractivity contribution in [2.75, 3.05) is 4.43 Å². The molecule has 0 radical (unpaired) electrons. The van der Waals surface area contributed by atoms with Crippen LogP contribution in [0.2, 0.25) is 0 Å². The van der Waals surface area contributed by atoms with Gasteiger partial charge >= 0.3 is 0 Å². The van der Waals surface area contributed by atoms with Crippen LogP contribution in [-0.2, 0) is 4.74 Å². The number of alkyl halides is 1. The third kappa shape index (κ3) is 3.02. The van der Waals surface area contributed by atoms with Crippen LogP contribution >= 0.6 is 22.6 Å². The molecule has 0 spiro atoms. The molecule has 0 aromatic heterocycles. The maximum Gasteiger partial charge on any atom is 0.103 e. The van der Waals surface area contributed by atoms with Crippen LogP contribution in [0.3, 0.4) is 0 Å². The van der Waals surface area contributed by atoms with Crippen molar-refractivity contribution in [1.82, 2.24) is 0 Å². The first-order valence-electron chi connectivity index (χ1n) is 6.10. The third-order valence-corrected chi connectivity index (χ3v) is 4.33. The number of ether oxygens (including phenoxy) is 1. The molecule has 4 atom stereocenters. The van der Waals surface area contributed by atoms with Gasteiger partial charge in [0.25, 0.3) is 0 Å². The van der Waals surface area contributed by atoms with E-state index < -0.39 is 12.0 Å². The molecule has 96 valence electrons. The van der Waals surface area contributed by atoms with Crippen molar-refractivity contribution in [1.29, 1.82) is 5.26 Å². The van der Waals surface area contributed by atoms with Crippen LogP contribution in [0.15, 0.2) is 30.3 Å². The molecule has 1 aromatic carbocycles. The van der Waals surface area contributed by atoms with Crippen molar-refractivity contribution in [3.05, 3.63) is 35.9 Å². The van der Waals surface area contributed by atoms with E-state index in [9.17, 15) is 10.4 Å². The summed E-state index contributed by atoms with van der Waals surface area (Å²) in [6.07, 6.45) is 1.15. The second-order valence-corrected chi connectivity index (χ2v) is 5.42. The van der Waals surface area contributed by atoms with Crippen LogP contribution in [0.1, 0.15) is 24.5 Å². The summed E-state index contributed by atoms with van der Waals surface area (Å²) < 4.78 is 6.75. The summed E-state index contributed by atoms with van der Waals surface area (Å²) in [5.74, 6) is -0.486. The summed E-state index contributed by atoms with van der Waals surface area (Å²) in [6, 6.07) is 11.5. The molecule has 18 heavy (non-hydrogen) atoms. The molecule has 1 aromatic rings. The van der Waals surface area contributed by atoms with Gasteiger partial charge in [-0.3, -0.25) is 0 Å². The van der Waals surface area contributed by atoms with Crippen molar-refractivity contribution in [2.24, 2.45) is 5.92 Å². The standard InChI is InChI=1S/C14H16INO2/c15-8-11-6-7-13(18-11)12(9-16)14(17)10-4-2-1-3-5-10/h1-5,11-14,17H,6-8H2/t11-,12?,13?,14?/m0/s1. The van der Waals surface area contributed by atoms with Crippen LogP contribution in [0.4, 0.5) is 0 Å². The number of aliphatic hydroxyl groups excluding tert-OH is 1. The average Bonchev–Trinajstić information content (AvgIpc) is 2.89. The van der Waals surface area contributed by atoms with Crippen LogP contribution in [-0.4, -0.2) is 21.7 Å². The van der Waals surface area contributed by atoms with Crippen molar-refractivity contribution >= 4 is 22.6 Å². The second-order valence-electron chi connectivity index (χ2n) is 4.54. The topological polar surface area (TPSA) is 53.2 Å². The number of benzene rings is 1. The molecule has 4 heteroatoms. The number of hydrogen-bond donors (Lipinski definition) is 1. The lowest BCUT2D eigenvalue weighted by Gasteiger charge is -2.22. The molecule has 3 unspecified atom stereocenters. The minimum atomic E-state index is -0.769. The molecule has 0 amide bonds. The first-order valence-corrected chi connectivity index (χ1v) is 7.63. The number of hydrogen-bond acceptors (Lipinski definition) is 3. The van der Waals surface area contributed by atoms with E-state index in [-0.39, 0.29) is 12.2 Å². The molecular formula is C14H16INO2. The van der Waals surface area contributed by atoms with Gasteiger partial charge in [0.05, 0.1) is 24.4 Å². The van der Waals surface area contributed by atoms with Gasteiger partial charge in [0.15, 0.2) is 0 Å². The normalized spacial score (nSPS) is 26.5. The fourth-order valence-electron chi connectivity index (χ4n) is 2.33. The molecular weight excluding hydrogens is 341 g/mol. The van der Waals surface area contributed by atoms with Crippen LogP contribution in [0.25, 0.3) is 0 Å². The predicted octanol–water partition coefficient (Wildman–Crippen LogP) is 2.84. The smallest absolute Gasteiger partial charge is 0.103 e. The van der Waals surface area contributed by atoms with Gasteiger partial charge in [-0.2, -0.15) is 5.26 Å². The Balaban J connectivity index is 2.08. The van der Waals surface area contributed by atoms with E-state index in [1.165, 1.54) is 0 Å². The summed E-state index contributed by atoms with van der Waals surface area (Å²) in [7, 11) is 0. The van der Waals surface area contributed by atoms with Crippen molar-refractivity contribution in [2.45, 2.75) is 31.2 Å². The molecule has 1 aliphatic rings. The highest BCUT2D eigenvalue weighted by atomic mass is 127. The zero-order chi connectivity index (χ0) is 13.0. The number of nitrogens with zero attached hydrogens (tertiary/aromatic N) is 1. The Bertz CT molecular complexity index is 418. The van der Waals surface area contributed by atoms with E-state index in [4.69, 9.17) is 4.74 Å². The maximum atomic E-state index is 10.3. The highest BCUT2D eigenvalue weighted by Crippen LogP contribution is 2.33. The summed E-state index contributed by atoms with van der Waals surface area (Å²) in [5.41, 5.74) is 0.783. The van der Waals surface area contributed by atoms with E-state index in [1.54, 1.807) is 0 Å². The summed E-state index contributed by atoms with van der Waals surface area (Å²) in [4.78, 5) is 0. The predicted molar refractivity (Wildman–Crippen MR) is 77.3 cm³/mol.